The van der Waals surface area contributed by atoms with Gasteiger partial charge in [-0.05, 0) is 30.2 Å². The highest BCUT2D eigenvalue weighted by Crippen LogP contribution is 2.34. The van der Waals surface area contributed by atoms with Crippen molar-refractivity contribution in [3.63, 3.8) is 0 Å². The smallest absolute Gasteiger partial charge is 0.271 e. The van der Waals surface area contributed by atoms with Gasteiger partial charge in [-0.3, -0.25) is 4.79 Å². The fourth-order valence-corrected chi connectivity index (χ4v) is 2.03. The molecule has 7 nitrogen and oxygen atoms in total. The minimum atomic E-state index is -0.221. The molecule has 2 N–H and O–H groups in total. The Labute approximate surface area is 134 Å². The van der Waals surface area contributed by atoms with Crippen molar-refractivity contribution >= 4 is 17.4 Å². The number of hydrogen-bond acceptors (Lipinski definition) is 6. The average molecular weight is 314 g/mol. The highest BCUT2D eigenvalue weighted by atomic mass is 16.7. The minimum Gasteiger partial charge on any atom is -0.454 e. The highest BCUT2D eigenvalue weighted by Gasteiger charge is 2.13. The van der Waals surface area contributed by atoms with Gasteiger partial charge in [-0.2, -0.15) is 0 Å². The molecule has 1 aromatic carbocycles. The van der Waals surface area contributed by atoms with E-state index in [0.29, 0.717) is 29.7 Å². The molecule has 1 aromatic heterocycles. The first-order valence-electron chi connectivity index (χ1n) is 7.40. The summed E-state index contributed by atoms with van der Waals surface area (Å²) in [6, 6.07) is 8.86. The van der Waals surface area contributed by atoms with Gasteiger partial charge in [0.1, 0.15) is 0 Å². The predicted molar refractivity (Wildman–Crippen MR) is 85.1 cm³/mol. The van der Waals surface area contributed by atoms with Crippen LogP contribution in [0.3, 0.4) is 0 Å². The Kier molecular flexibility index (Phi) is 4.27. The second kappa shape index (κ2) is 6.51. The third-order valence-corrected chi connectivity index (χ3v) is 3.21. The van der Waals surface area contributed by atoms with Gasteiger partial charge in [-0.1, -0.05) is 13.8 Å². The molecule has 0 radical (unpaired) electrons. The summed E-state index contributed by atoms with van der Waals surface area (Å²) in [5, 5.41) is 13.9. The minimum absolute atomic E-state index is 0.221. The summed E-state index contributed by atoms with van der Waals surface area (Å²) in [5.74, 6) is 2.12. The fourth-order valence-electron chi connectivity index (χ4n) is 2.03. The molecule has 0 saturated carbocycles. The summed E-state index contributed by atoms with van der Waals surface area (Å²) < 4.78 is 10.6. The number of carbonyl (C=O) groups is 1. The van der Waals surface area contributed by atoms with Crippen molar-refractivity contribution in [3.8, 4) is 11.5 Å². The predicted octanol–water partition coefficient (Wildman–Crippen LogP) is 2.33. The fraction of sp³-hybridized carbons (Fsp3) is 0.312. The van der Waals surface area contributed by atoms with Gasteiger partial charge in [0, 0.05) is 18.3 Å². The number of fused-ring (bicyclic) bond motifs is 1. The SMILES string of the molecule is CC(C)CNC(=O)c1ccc(Nc2ccc3c(c2)OCO3)nn1. The number of hydrogen-bond donors (Lipinski definition) is 2. The maximum atomic E-state index is 11.9. The van der Waals surface area contributed by atoms with Gasteiger partial charge in [-0.15, -0.1) is 10.2 Å². The van der Waals surface area contributed by atoms with E-state index in [0.717, 1.165) is 11.4 Å². The second-order valence-electron chi connectivity index (χ2n) is 5.60. The molecule has 120 valence electrons. The largest absolute Gasteiger partial charge is 0.454 e. The van der Waals surface area contributed by atoms with Crippen molar-refractivity contribution in [2.24, 2.45) is 5.92 Å². The highest BCUT2D eigenvalue weighted by molar-refractivity contribution is 5.92. The lowest BCUT2D eigenvalue weighted by Gasteiger charge is -2.08. The van der Waals surface area contributed by atoms with Crippen LogP contribution in [0.15, 0.2) is 30.3 Å². The molecule has 0 fully saturated rings. The molecule has 2 aromatic rings. The molecule has 23 heavy (non-hydrogen) atoms. The molecule has 0 spiro atoms. The number of rotatable bonds is 5. The third-order valence-electron chi connectivity index (χ3n) is 3.21. The van der Waals surface area contributed by atoms with E-state index in [1.54, 1.807) is 12.1 Å². The number of amides is 1. The Balaban J connectivity index is 1.64. The molecule has 3 rings (SSSR count). The Morgan fingerprint density at radius 2 is 2.00 bits per heavy atom. The molecule has 2 heterocycles. The van der Waals surface area contributed by atoms with E-state index in [4.69, 9.17) is 9.47 Å². The Morgan fingerprint density at radius 3 is 2.74 bits per heavy atom. The topological polar surface area (TPSA) is 85.4 Å². The number of ether oxygens (including phenoxy) is 2. The molecular weight excluding hydrogens is 296 g/mol. The van der Waals surface area contributed by atoms with Gasteiger partial charge in [-0.25, -0.2) is 0 Å². The van der Waals surface area contributed by atoms with Crippen molar-refractivity contribution in [1.82, 2.24) is 15.5 Å². The van der Waals surface area contributed by atoms with Crippen molar-refractivity contribution in [2.75, 3.05) is 18.7 Å². The van der Waals surface area contributed by atoms with E-state index in [9.17, 15) is 4.79 Å². The normalized spacial score (nSPS) is 12.3. The van der Waals surface area contributed by atoms with Crippen LogP contribution in [-0.4, -0.2) is 29.4 Å². The third kappa shape index (κ3) is 3.68. The lowest BCUT2D eigenvalue weighted by Crippen LogP contribution is -2.28. The summed E-state index contributed by atoms with van der Waals surface area (Å²) in [6.07, 6.45) is 0. The Morgan fingerprint density at radius 1 is 1.17 bits per heavy atom. The summed E-state index contributed by atoms with van der Waals surface area (Å²) in [7, 11) is 0. The van der Waals surface area contributed by atoms with Crippen molar-refractivity contribution in [3.05, 3.63) is 36.0 Å². The average Bonchev–Trinajstić information content (AvgIpc) is 3.01. The maximum absolute atomic E-state index is 11.9. The monoisotopic (exact) mass is 314 g/mol. The zero-order valence-electron chi connectivity index (χ0n) is 13.0. The van der Waals surface area contributed by atoms with Crippen molar-refractivity contribution < 1.29 is 14.3 Å². The zero-order chi connectivity index (χ0) is 16.2. The molecule has 0 saturated heterocycles. The number of nitrogens with zero attached hydrogens (tertiary/aromatic N) is 2. The van der Waals surface area contributed by atoms with Crippen LogP contribution in [0.4, 0.5) is 11.5 Å². The van der Waals surface area contributed by atoms with Crippen LogP contribution in [0.5, 0.6) is 11.5 Å². The molecule has 0 unspecified atom stereocenters. The second-order valence-corrected chi connectivity index (χ2v) is 5.60. The zero-order valence-corrected chi connectivity index (χ0v) is 13.0. The van der Waals surface area contributed by atoms with Gasteiger partial charge in [0.25, 0.3) is 5.91 Å². The van der Waals surface area contributed by atoms with E-state index >= 15 is 0 Å². The standard InChI is InChI=1S/C16H18N4O3/c1-10(2)8-17-16(21)12-4-6-15(20-19-12)18-11-3-5-13-14(7-11)23-9-22-13/h3-7,10H,8-9H2,1-2H3,(H,17,21)(H,18,20). The van der Waals surface area contributed by atoms with E-state index in [1.165, 1.54) is 0 Å². The molecule has 1 aliphatic heterocycles. The van der Waals surface area contributed by atoms with Crippen LogP contribution in [0.1, 0.15) is 24.3 Å². The molecule has 1 amide bonds. The van der Waals surface area contributed by atoms with Crippen LogP contribution >= 0.6 is 0 Å². The molecule has 0 atom stereocenters. The van der Waals surface area contributed by atoms with Gasteiger partial charge >= 0.3 is 0 Å². The number of nitrogens with one attached hydrogen (secondary N) is 2. The van der Waals surface area contributed by atoms with E-state index < -0.39 is 0 Å². The maximum Gasteiger partial charge on any atom is 0.271 e. The van der Waals surface area contributed by atoms with Gasteiger partial charge < -0.3 is 20.1 Å². The van der Waals surface area contributed by atoms with Crippen LogP contribution in [0.25, 0.3) is 0 Å². The lowest BCUT2D eigenvalue weighted by atomic mass is 10.2. The Hall–Kier alpha value is -2.83. The first-order chi connectivity index (χ1) is 11.1. The summed E-state index contributed by atoms with van der Waals surface area (Å²) >= 11 is 0. The van der Waals surface area contributed by atoms with E-state index in [-0.39, 0.29) is 12.7 Å². The van der Waals surface area contributed by atoms with Gasteiger partial charge in [0.05, 0.1) is 0 Å². The van der Waals surface area contributed by atoms with Crippen LogP contribution in [0.2, 0.25) is 0 Å². The molecule has 0 bridgehead atoms. The van der Waals surface area contributed by atoms with Crippen LogP contribution < -0.4 is 20.1 Å². The quantitative estimate of drug-likeness (QED) is 0.881. The van der Waals surface area contributed by atoms with Gasteiger partial charge in [0.15, 0.2) is 23.0 Å². The van der Waals surface area contributed by atoms with Crippen molar-refractivity contribution in [2.45, 2.75) is 13.8 Å². The van der Waals surface area contributed by atoms with E-state index in [2.05, 4.69) is 20.8 Å². The number of benzene rings is 1. The molecular formula is C16H18N4O3. The van der Waals surface area contributed by atoms with Crippen LogP contribution in [0, 0.1) is 5.92 Å². The van der Waals surface area contributed by atoms with E-state index in [1.807, 2.05) is 32.0 Å². The number of anilines is 2. The first kappa shape index (κ1) is 15.1. The summed E-state index contributed by atoms with van der Waals surface area (Å²) in [6.45, 7) is 4.91. The number of aromatic nitrogens is 2. The first-order valence-corrected chi connectivity index (χ1v) is 7.40. The molecule has 1 aliphatic rings. The van der Waals surface area contributed by atoms with Crippen molar-refractivity contribution in [1.29, 1.82) is 0 Å². The summed E-state index contributed by atoms with van der Waals surface area (Å²) in [4.78, 5) is 11.9. The van der Waals surface area contributed by atoms with Crippen LogP contribution in [-0.2, 0) is 0 Å². The lowest BCUT2D eigenvalue weighted by molar-refractivity contribution is 0.0943. The molecule has 7 heteroatoms. The summed E-state index contributed by atoms with van der Waals surface area (Å²) in [5.41, 5.74) is 1.10. The van der Waals surface area contributed by atoms with Gasteiger partial charge in [0.2, 0.25) is 6.79 Å². The molecule has 0 aliphatic carbocycles. The Bertz CT molecular complexity index is 701. The number of carbonyl (C=O) groups excluding carboxylic acids is 1.